The Morgan fingerprint density at radius 1 is 0.923 bits per heavy atom. The predicted molar refractivity (Wildman–Crippen MR) is 118 cm³/mol. The Hall–Kier alpha value is -1.87. The molecule has 0 atom stereocenters. The summed E-state index contributed by atoms with van der Waals surface area (Å²) >= 11 is 0. The van der Waals surface area contributed by atoms with Gasteiger partial charge in [0.2, 0.25) is 0 Å². The third-order valence-corrected chi connectivity index (χ3v) is 12.3. The van der Waals surface area contributed by atoms with E-state index in [1.165, 1.54) is 21.7 Å². The molecule has 0 saturated carbocycles. The molecule has 0 fully saturated rings. The number of rotatable bonds is 5. The lowest BCUT2D eigenvalue weighted by atomic mass is 10.2. The summed E-state index contributed by atoms with van der Waals surface area (Å²) < 4.78 is 0. The fourth-order valence-electron chi connectivity index (χ4n) is 4.94. The number of anilines is 1. The van der Waals surface area contributed by atoms with Crippen LogP contribution in [0.1, 0.15) is 41.5 Å². The van der Waals surface area contributed by atoms with Crippen molar-refractivity contribution < 1.29 is 0 Å². The van der Waals surface area contributed by atoms with Gasteiger partial charge in [-0.3, -0.25) is 0 Å². The van der Waals surface area contributed by atoms with Gasteiger partial charge < -0.3 is 4.90 Å². The minimum Gasteiger partial charge on any atom is -0.372 e. The van der Waals surface area contributed by atoms with E-state index in [-0.39, 0.29) is 0 Å². The van der Waals surface area contributed by atoms with Crippen molar-refractivity contribution in [3.05, 3.63) is 47.0 Å². The molecule has 0 bridgehead atoms. The van der Waals surface area contributed by atoms with Crippen molar-refractivity contribution in [1.29, 1.82) is 0 Å². The van der Waals surface area contributed by atoms with E-state index in [0.29, 0.717) is 11.1 Å². The summed E-state index contributed by atoms with van der Waals surface area (Å²) in [5.74, 6) is 0. The fourth-order valence-corrected chi connectivity index (χ4v) is 11.0. The maximum Gasteiger partial charge on any atom is 0.128 e. The first-order chi connectivity index (χ1) is 12.4. The highest BCUT2D eigenvalue weighted by Gasteiger charge is 2.47. The Morgan fingerprint density at radius 2 is 1.58 bits per heavy atom. The van der Waals surface area contributed by atoms with Crippen LogP contribution in [-0.2, 0) is 0 Å². The highest BCUT2D eigenvalue weighted by atomic mass is 28.3. The molecule has 0 aliphatic carbocycles. The Morgan fingerprint density at radius 3 is 2.15 bits per heavy atom. The van der Waals surface area contributed by atoms with Gasteiger partial charge in [0.1, 0.15) is 8.07 Å². The third kappa shape index (κ3) is 2.73. The predicted octanol–water partition coefficient (Wildman–Crippen LogP) is 3.59. The van der Waals surface area contributed by atoms with E-state index < -0.39 is 8.07 Å². The molecule has 0 aromatic heterocycles. The van der Waals surface area contributed by atoms with Gasteiger partial charge in [0.15, 0.2) is 0 Å². The molecule has 3 rings (SSSR count). The first-order valence-electron chi connectivity index (χ1n) is 9.93. The topological polar surface area (TPSA) is 15.6 Å². The maximum atomic E-state index is 5.05. The summed E-state index contributed by atoms with van der Waals surface area (Å²) in [6.45, 7) is 20.4. The van der Waals surface area contributed by atoms with Crippen molar-refractivity contribution in [3.63, 3.8) is 0 Å². The van der Waals surface area contributed by atoms with Crippen molar-refractivity contribution in [2.45, 2.75) is 52.6 Å². The molecule has 2 aromatic carbocycles. The molecule has 2 aromatic rings. The van der Waals surface area contributed by atoms with Crippen LogP contribution in [0.5, 0.6) is 0 Å². The van der Waals surface area contributed by atoms with Crippen LogP contribution in [0.15, 0.2) is 41.4 Å². The summed E-state index contributed by atoms with van der Waals surface area (Å²) in [5.41, 5.74) is 3.71. The Bertz CT molecular complexity index is 902. The molecular formula is C23H32N2Si. The molecule has 0 saturated heterocycles. The van der Waals surface area contributed by atoms with Gasteiger partial charge >= 0.3 is 0 Å². The summed E-state index contributed by atoms with van der Waals surface area (Å²) in [6, 6.07) is 13.5. The van der Waals surface area contributed by atoms with Gasteiger partial charge in [0, 0.05) is 18.8 Å². The quantitative estimate of drug-likeness (QED) is 0.740. The first-order valence-corrected chi connectivity index (χ1v) is 12.1. The van der Waals surface area contributed by atoms with Crippen molar-refractivity contribution in [2.24, 2.45) is 4.99 Å². The molecule has 0 amide bonds. The largest absolute Gasteiger partial charge is 0.372 e. The average molecular weight is 365 g/mol. The zero-order chi connectivity index (χ0) is 19.1. The second-order valence-electron chi connectivity index (χ2n) is 8.02. The van der Waals surface area contributed by atoms with Gasteiger partial charge in [-0.25, -0.2) is 4.99 Å². The second kappa shape index (κ2) is 7.03. The normalized spacial score (nSPS) is 14.8. The first kappa shape index (κ1) is 18.9. The third-order valence-electron chi connectivity index (χ3n) is 6.12. The summed E-state index contributed by atoms with van der Waals surface area (Å²) in [7, 11) is -1.97. The molecule has 138 valence electrons. The van der Waals surface area contributed by atoms with Crippen LogP contribution >= 0.6 is 0 Å². The van der Waals surface area contributed by atoms with Gasteiger partial charge in [-0.2, -0.15) is 0 Å². The van der Waals surface area contributed by atoms with Gasteiger partial charge in [0.25, 0.3) is 0 Å². The van der Waals surface area contributed by atoms with Gasteiger partial charge in [-0.1, -0.05) is 46.4 Å². The number of nitrogens with zero attached hydrogens (tertiary/aromatic N) is 2. The van der Waals surface area contributed by atoms with E-state index in [9.17, 15) is 0 Å². The van der Waals surface area contributed by atoms with E-state index in [1.54, 1.807) is 0 Å². The Kier molecular flexibility index (Phi) is 5.11. The number of fused-ring (bicyclic) bond motifs is 2. The molecule has 1 aliphatic heterocycles. The number of hydrogen-bond donors (Lipinski definition) is 0. The Balaban J connectivity index is 2.40. The molecule has 0 radical (unpaired) electrons. The molecule has 1 aliphatic rings. The van der Waals surface area contributed by atoms with Crippen molar-refractivity contribution >= 4 is 36.4 Å². The zero-order valence-electron chi connectivity index (χ0n) is 17.1. The van der Waals surface area contributed by atoms with Crippen molar-refractivity contribution in [1.82, 2.24) is 0 Å². The van der Waals surface area contributed by atoms with Crippen molar-refractivity contribution in [3.8, 4) is 0 Å². The lowest BCUT2D eigenvalue weighted by Crippen LogP contribution is -2.69. The van der Waals surface area contributed by atoms with Crippen LogP contribution in [0.25, 0.3) is 6.58 Å². The van der Waals surface area contributed by atoms with Crippen LogP contribution in [-0.4, -0.2) is 21.2 Å². The molecule has 3 heteroatoms. The average Bonchev–Trinajstić information content (AvgIpc) is 2.60. The fraction of sp³-hybridized carbons (Fsp3) is 0.435. The lowest BCUT2D eigenvalue weighted by Gasteiger charge is -2.43. The molecule has 26 heavy (non-hydrogen) atoms. The SMILES string of the molecule is C=c1ccc2c(c1)[Si](C(C)C)(C(C)C)c1cc(N(CC)CC)ccc1N=2. The lowest BCUT2D eigenvalue weighted by molar-refractivity contribution is 0.866. The minimum atomic E-state index is -1.97. The zero-order valence-corrected chi connectivity index (χ0v) is 18.1. The highest BCUT2D eigenvalue weighted by molar-refractivity contribution is 7.05. The van der Waals surface area contributed by atoms with Crippen LogP contribution in [0.3, 0.4) is 0 Å². The van der Waals surface area contributed by atoms with Crippen LogP contribution in [0.4, 0.5) is 11.4 Å². The molecule has 1 heterocycles. The van der Waals surface area contributed by atoms with Gasteiger partial charge in [-0.15, -0.1) is 0 Å². The summed E-state index contributed by atoms with van der Waals surface area (Å²) in [5, 5.41) is 5.24. The smallest absolute Gasteiger partial charge is 0.128 e. The molecular weight excluding hydrogens is 332 g/mol. The monoisotopic (exact) mass is 364 g/mol. The van der Waals surface area contributed by atoms with E-state index in [2.05, 4.69) is 89.4 Å². The summed E-state index contributed by atoms with van der Waals surface area (Å²) in [4.78, 5) is 7.49. The number of hydrogen-bond acceptors (Lipinski definition) is 2. The maximum absolute atomic E-state index is 5.05. The van der Waals surface area contributed by atoms with Crippen molar-refractivity contribution in [2.75, 3.05) is 18.0 Å². The van der Waals surface area contributed by atoms with Gasteiger partial charge in [0.05, 0.1) is 11.0 Å². The molecule has 0 spiro atoms. The standard InChI is InChI=1S/C23H32N2Si/c1-8-25(9-2)19-11-13-21-23(15-19)26(16(3)4,17(5)6)22-14-18(7)10-12-20(22)24-21/h10-17H,7-9H2,1-6H3. The molecule has 2 nitrogen and oxygen atoms in total. The summed E-state index contributed by atoms with van der Waals surface area (Å²) in [6.07, 6.45) is 0. The van der Waals surface area contributed by atoms with E-state index in [0.717, 1.165) is 23.7 Å². The van der Waals surface area contributed by atoms with Gasteiger partial charge in [-0.05, 0) is 64.8 Å². The highest BCUT2D eigenvalue weighted by Crippen LogP contribution is 2.36. The number of benzene rings is 2. The second-order valence-corrected chi connectivity index (χ2v) is 13.1. The van der Waals surface area contributed by atoms with E-state index in [4.69, 9.17) is 4.99 Å². The minimum absolute atomic E-state index is 0.601. The van der Waals surface area contributed by atoms with Crippen LogP contribution in [0.2, 0.25) is 11.1 Å². The van der Waals surface area contributed by atoms with Crippen LogP contribution in [0, 0.1) is 0 Å². The van der Waals surface area contributed by atoms with Crippen LogP contribution < -0.4 is 25.8 Å². The van der Waals surface area contributed by atoms with E-state index in [1.807, 2.05) is 0 Å². The Labute approximate surface area is 159 Å². The molecule has 0 N–H and O–H groups in total. The van der Waals surface area contributed by atoms with E-state index >= 15 is 0 Å². The molecule has 0 unspecified atom stereocenters.